The van der Waals surface area contributed by atoms with E-state index in [-0.39, 0.29) is 0 Å². The highest BCUT2D eigenvalue weighted by Gasteiger charge is 1.99. The van der Waals surface area contributed by atoms with Crippen LogP contribution in [0.5, 0.6) is 5.75 Å². The predicted molar refractivity (Wildman–Crippen MR) is 218 cm³/mol. The molecule has 0 saturated heterocycles. The van der Waals surface area contributed by atoms with E-state index in [2.05, 4.69) is 6.92 Å². The summed E-state index contributed by atoms with van der Waals surface area (Å²) < 4.78 is 71.8. The number of unbranched alkanes of at least 4 members (excludes halogenated alkanes) is 9. The first-order valence-electron chi connectivity index (χ1n) is 21.2. The van der Waals surface area contributed by atoms with Crippen molar-refractivity contribution < 1.29 is 61.6 Å². The summed E-state index contributed by atoms with van der Waals surface area (Å²) in [5.41, 5.74) is 6.36. The Bertz CT molecular complexity index is 872. The summed E-state index contributed by atoms with van der Waals surface area (Å²) >= 11 is 0. The fourth-order valence-corrected chi connectivity index (χ4v) is 5.00. The lowest BCUT2D eigenvalue weighted by Crippen LogP contribution is -2.15. The van der Waals surface area contributed by atoms with Gasteiger partial charge in [0.15, 0.2) is 0 Å². The maximum atomic E-state index is 5.66. The van der Waals surface area contributed by atoms with Crippen LogP contribution < -0.4 is 10.5 Å². The topological polar surface area (TPSA) is 146 Å². The minimum atomic E-state index is 0.475. The Hall–Kier alpha value is -1.66. The standard InChI is InChI=1S/C42H79NO13/c1-2-3-4-5-6-7-8-9-10-11-16-44-17-18-45-19-20-46-21-22-47-23-24-48-25-26-49-27-28-50-29-30-51-31-32-52-33-34-53-35-36-54-37-38-55-39-40-56-42-14-12-41(43)13-15-42/h12-15H,2-11,16-40,43H2,1H3. The van der Waals surface area contributed by atoms with E-state index in [1.807, 2.05) is 12.1 Å². The lowest BCUT2D eigenvalue weighted by molar-refractivity contribution is -0.0285. The van der Waals surface area contributed by atoms with Crippen LogP contribution in [0.25, 0.3) is 0 Å². The van der Waals surface area contributed by atoms with Crippen molar-refractivity contribution in [1.82, 2.24) is 0 Å². The Morgan fingerprint density at radius 2 is 0.518 bits per heavy atom. The van der Waals surface area contributed by atoms with Crippen LogP contribution in [0.1, 0.15) is 71.1 Å². The van der Waals surface area contributed by atoms with Gasteiger partial charge in [0.1, 0.15) is 12.4 Å². The molecule has 56 heavy (non-hydrogen) atoms. The highest BCUT2D eigenvalue weighted by Crippen LogP contribution is 2.13. The van der Waals surface area contributed by atoms with Gasteiger partial charge in [0, 0.05) is 12.3 Å². The van der Waals surface area contributed by atoms with E-state index < -0.39 is 0 Å². The quantitative estimate of drug-likeness (QED) is 0.0629. The van der Waals surface area contributed by atoms with Crippen molar-refractivity contribution in [2.24, 2.45) is 0 Å². The third-order valence-corrected chi connectivity index (χ3v) is 8.11. The van der Waals surface area contributed by atoms with Gasteiger partial charge in [0.25, 0.3) is 0 Å². The van der Waals surface area contributed by atoms with Crippen molar-refractivity contribution in [2.75, 3.05) is 171 Å². The summed E-state index contributed by atoms with van der Waals surface area (Å²) in [4.78, 5) is 0. The van der Waals surface area contributed by atoms with Crippen molar-refractivity contribution in [3.8, 4) is 5.75 Å². The highest BCUT2D eigenvalue weighted by atomic mass is 16.6. The molecule has 1 aromatic rings. The van der Waals surface area contributed by atoms with Gasteiger partial charge < -0.3 is 67.3 Å². The minimum Gasteiger partial charge on any atom is -0.491 e. The molecule has 0 amide bonds. The second-order valence-corrected chi connectivity index (χ2v) is 12.9. The van der Waals surface area contributed by atoms with Crippen LogP contribution in [-0.4, -0.2) is 165 Å². The molecule has 0 bridgehead atoms. The third kappa shape index (κ3) is 42.0. The zero-order chi connectivity index (χ0) is 39.9. The summed E-state index contributed by atoms with van der Waals surface area (Å²) in [6.45, 7) is 15.7. The molecule has 0 fully saturated rings. The Kier molecular flexibility index (Phi) is 43.0. The lowest BCUT2D eigenvalue weighted by Gasteiger charge is -2.09. The third-order valence-electron chi connectivity index (χ3n) is 8.11. The summed E-state index contributed by atoms with van der Waals surface area (Å²) in [5.74, 6) is 0.773. The van der Waals surface area contributed by atoms with Crippen LogP contribution in [0.3, 0.4) is 0 Å². The van der Waals surface area contributed by atoms with Gasteiger partial charge in [-0.15, -0.1) is 0 Å². The summed E-state index contributed by atoms with van der Waals surface area (Å²) in [6.07, 6.45) is 13.4. The molecule has 0 unspecified atom stereocenters. The number of ether oxygens (including phenoxy) is 13. The van der Waals surface area contributed by atoms with Crippen molar-refractivity contribution in [2.45, 2.75) is 71.1 Å². The number of hydrogen-bond donors (Lipinski definition) is 1. The lowest BCUT2D eigenvalue weighted by atomic mass is 10.1. The molecule has 0 spiro atoms. The Balaban J connectivity index is 1.60. The highest BCUT2D eigenvalue weighted by molar-refractivity contribution is 5.41. The van der Waals surface area contributed by atoms with Crippen LogP contribution in [-0.2, 0) is 56.8 Å². The van der Waals surface area contributed by atoms with Crippen LogP contribution in [0.2, 0.25) is 0 Å². The van der Waals surface area contributed by atoms with Crippen LogP contribution in [0.4, 0.5) is 5.69 Å². The molecule has 14 nitrogen and oxygen atoms in total. The van der Waals surface area contributed by atoms with E-state index in [4.69, 9.17) is 67.3 Å². The normalized spacial score (nSPS) is 11.5. The van der Waals surface area contributed by atoms with E-state index in [1.165, 1.54) is 57.8 Å². The molecule has 0 aliphatic carbocycles. The first-order chi connectivity index (χ1) is 27.8. The fraction of sp³-hybridized carbons (Fsp3) is 0.857. The number of benzene rings is 1. The van der Waals surface area contributed by atoms with E-state index in [9.17, 15) is 0 Å². The molecule has 1 rings (SSSR count). The molecule has 0 aliphatic heterocycles. The van der Waals surface area contributed by atoms with Gasteiger partial charge in [-0.3, -0.25) is 0 Å². The number of rotatable bonds is 48. The summed E-state index contributed by atoms with van der Waals surface area (Å²) in [7, 11) is 0. The molecule has 0 heterocycles. The maximum absolute atomic E-state index is 5.66. The molecule has 0 atom stereocenters. The van der Waals surface area contributed by atoms with E-state index in [0.29, 0.717) is 164 Å². The van der Waals surface area contributed by atoms with Crippen molar-refractivity contribution in [3.05, 3.63) is 24.3 Å². The van der Waals surface area contributed by atoms with Crippen molar-refractivity contribution in [1.29, 1.82) is 0 Å². The van der Waals surface area contributed by atoms with E-state index in [1.54, 1.807) is 12.1 Å². The molecule has 0 saturated carbocycles. The molecule has 1 aromatic carbocycles. The molecule has 330 valence electrons. The SMILES string of the molecule is CCCCCCCCCCCCOCCOCCOCCOCCOCCOCCOCCOCCOCCOCCOCCOCCOc1ccc(N)cc1. The zero-order valence-electron chi connectivity index (χ0n) is 34.9. The van der Waals surface area contributed by atoms with E-state index in [0.717, 1.165) is 18.8 Å². The van der Waals surface area contributed by atoms with Crippen LogP contribution in [0, 0.1) is 0 Å². The summed E-state index contributed by atoms with van der Waals surface area (Å²) in [5, 5.41) is 0. The second-order valence-electron chi connectivity index (χ2n) is 12.9. The largest absolute Gasteiger partial charge is 0.491 e. The van der Waals surface area contributed by atoms with E-state index >= 15 is 0 Å². The van der Waals surface area contributed by atoms with Gasteiger partial charge in [-0.1, -0.05) is 64.7 Å². The minimum absolute atomic E-state index is 0.475. The average molecular weight is 806 g/mol. The van der Waals surface area contributed by atoms with Crippen molar-refractivity contribution >= 4 is 5.69 Å². The van der Waals surface area contributed by atoms with Gasteiger partial charge in [0.05, 0.1) is 152 Å². The van der Waals surface area contributed by atoms with Gasteiger partial charge >= 0.3 is 0 Å². The molecular formula is C42H79NO13. The van der Waals surface area contributed by atoms with Crippen molar-refractivity contribution in [3.63, 3.8) is 0 Å². The maximum Gasteiger partial charge on any atom is 0.119 e. The molecular weight excluding hydrogens is 726 g/mol. The Morgan fingerprint density at radius 3 is 0.804 bits per heavy atom. The smallest absolute Gasteiger partial charge is 0.119 e. The Morgan fingerprint density at radius 1 is 0.286 bits per heavy atom. The fourth-order valence-electron chi connectivity index (χ4n) is 5.00. The predicted octanol–water partition coefficient (Wildman–Crippen LogP) is 5.77. The molecule has 0 aromatic heterocycles. The number of nitrogen functional groups attached to an aromatic ring is 1. The second kappa shape index (κ2) is 46.0. The monoisotopic (exact) mass is 806 g/mol. The van der Waals surface area contributed by atoms with Crippen LogP contribution >= 0.6 is 0 Å². The number of anilines is 1. The Labute approximate surface area is 338 Å². The first-order valence-corrected chi connectivity index (χ1v) is 21.2. The zero-order valence-corrected chi connectivity index (χ0v) is 34.9. The summed E-state index contributed by atoms with van der Waals surface area (Å²) in [6, 6.07) is 7.27. The van der Waals surface area contributed by atoms with Gasteiger partial charge in [0.2, 0.25) is 0 Å². The first kappa shape index (κ1) is 52.4. The molecule has 0 radical (unpaired) electrons. The number of hydrogen-bond acceptors (Lipinski definition) is 14. The molecule has 14 heteroatoms. The van der Waals surface area contributed by atoms with Gasteiger partial charge in [-0.25, -0.2) is 0 Å². The number of nitrogens with two attached hydrogens (primary N) is 1. The van der Waals surface area contributed by atoms with Gasteiger partial charge in [-0.2, -0.15) is 0 Å². The van der Waals surface area contributed by atoms with Gasteiger partial charge in [-0.05, 0) is 30.7 Å². The average Bonchev–Trinajstić information content (AvgIpc) is 3.21. The molecule has 2 N–H and O–H groups in total. The van der Waals surface area contributed by atoms with Crippen LogP contribution in [0.15, 0.2) is 24.3 Å². The molecule has 0 aliphatic rings.